The van der Waals surface area contributed by atoms with Gasteiger partial charge in [0.1, 0.15) is 5.84 Å². The Hall–Kier alpha value is -2.70. The molecule has 3 N–H and O–H groups in total. The molecule has 0 aliphatic heterocycles. The molecule has 0 unspecified atom stereocenters. The molecule has 3 aromatic heterocycles. The van der Waals surface area contributed by atoms with E-state index >= 15 is 0 Å². The van der Waals surface area contributed by atoms with Crippen LogP contribution in [0.3, 0.4) is 0 Å². The van der Waals surface area contributed by atoms with Crippen molar-refractivity contribution in [3.63, 3.8) is 0 Å². The number of hydrogen-bond acceptors (Lipinski definition) is 4. The summed E-state index contributed by atoms with van der Waals surface area (Å²) in [5.41, 5.74) is 8.54. The van der Waals surface area contributed by atoms with Crippen LogP contribution in [-0.2, 0) is 0 Å². The van der Waals surface area contributed by atoms with Crippen molar-refractivity contribution in [2.75, 3.05) is 0 Å². The molecule has 5 nitrogen and oxygen atoms in total. The smallest absolute Gasteiger partial charge is 0.182 e. The van der Waals surface area contributed by atoms with Crippen LogP contribution in [0.15, 0.2) is 53.9 Å². The van der Waals surface area contributed by atoms with Crippen LogP contribution < -0.4 is 5.73 Å². The van der Waals surface area contributed by atoms with E-state index in [-0.39, 0.29) is 5.84 Å². The number of nitrogens with zero attached hydrogens (tertiary/aromatic N) is 3. The molecule has 0 bridgehead atoms. The van der Waals surface area contributed by atoms with Gasteiger partial charge in [0.05, 0.1) is 16.1 Å². The summed E-state index contributed by atoms with van der Waals surface area (Å²) in [5, 5.41) is 15.0. The van der Waals surface area contributed by atoms with E-state index in [1.165, 1.54) is 0 Å². The predicted octanol–water partition coefficient (Wildman–Crippen LogP) is 4.06. The summed E-state index contributed by atoms with van der Waals surface area (Å²) in [6, 6.07) is 15.1. The fourth-order valence-corrected chi connectivity index (χ4v) is 3.46. The fraction of sp³-hybridized carbons (Fsp3) is 0. The molecule has 118 valence electrons. The van der Waals surface area contributed by atoms with Gasteiger partial charge in [-0.05, 0) is 35.7 Å². The third-order valence-electron chi connectivity index (χ3n) is 3.63. The number of amidine groups is 1. The number of halogens is 1. The van der Waals surface area contributed by atoms with Gasteiger partial charge in [-0.15, -0.1) is 16.4 Å². The van der Waals surface area contributed by atoms with Crippen LogP contribution >= 0.6 is 22.9 Å². The maximum atomic E-state index is 7.79. The number of fused-ring (bicyclic) bond motifs is 1. The fourth-order valence-electron chi connectivity index (χ4n) is 2.53. The number of hydrogen-bond donors (Lipinski definition) is 2. The van der Waals surface area contributed by atoms with E-state index in [0.29, 0.717) is 22.1 Å². The van der Waals surface area contributed by atoms with E-state index in [0.717, 1.165) is 16.1 Å². The second-order valence-electron chi connectivity index (χ2n) is 5.20. The Morgan fingerprint density at radius 3 is 2.75 bits per heavy atom. The molecule has 0 radical (unpaired) electrons. The first kappa shape index (κ1) is 14.9. The lowest BCUT2D eigenvalue weighted by Gasteiger charge is -2.05. The van der Waals surface area contributed by atoms with Crippen LogP contribution in [0.2, 0.25) is 5.02 Å². The van der Waals surface area contributed by atoms with Gasteiger partial charge >= 0.3 is 0 Å². The molecule has 7 heteroatoms. The molecule has 3 heterocycles. The molecule has 0 fully saturated rings. The number of aromatic nitrogens is 3. The number of nitrogen functional groups attached to an aromatic ring is 1. The predicted molar refractivity (Wildman–Crippen MR) is 97.8 cm³/mol. The van der Waals surface area contributed by atoms with Crippen LogP contribution in [-0.4, -0.2) is 20.4 Å². The average Bonchev–Trinajstić information content (AvgIpc) is 3.23. The second kappa shape index (κ2) is 5.74. The minimum atomic E-state index is -0.0391. The van der Waals surface area contributed by atoms with E-state index in [1.807, 2.05) is 47.8 Å². The highest BCUT2D eigenvalue weighted by atomic mass is 35.5. The Labute approximate surface area is 146 Å². The highest BCUT2D eigenvalue weighted by Crippen LogP contribution is 2.28. The maximum absolute atomic E-state index is 7.79. The number of nitrogens with one attached hydrogen (secondary N) is 1. The van der Waals surface area contributed by atoms with Gasteiger partial charge in [0.15, 0.2) is 11.5 Å². The zero-order valence-corrected chi connectivity index (χ0v) is 14.0. The molecule has 4 aromatic rings. The molecule has 0 aliphatic carbocycles. The zero-order valence-electron chi connectivity index (χ0n) is 12.4. The van der Waals surface area contributed by atoms with Gasteiger partial charge in [-0.3, -0.25) is 5.41 Å². The molecule has 0 aliphatic rings. The Morgan fingerprint density at radius 1 is 1.17 bits per heavy atom. The summed E-state index contributed by atoms with van der Waals surface area (Å²) in [4.78, 5) is 5.66. The first-order chi connectivity index (χ1) is 11.6. The Kier molecular flexibility index (Phi) is 3.55. The lowest BCUT2D eigenvalue weighted by Crippen LogP contribution is -2.13. The SMILES string of the molecule is N=C(N)c1ccc(-c2cccs2)n2nc(-c3cccc(Cl)c3)nc12. The minimum Gasteiger partial charge on any atom is -0.384 e. The van der Waals surface area contributed by atoms with Crippen molar-refractivity contribution < 1.29 is 0 Å². The summed E-state index contributed by atoms with van der Waals surface area (Å²) in [6.45, 7) is 0. The van der Waals surface area contributed by atoms with E-state index < -0.39 is 0 Å². The maximum Gasteiger partial charge on any atom is 0.182 e. The summed E-state index contributed by atoms with van der Waals surface area (Å²) in [7, 11) is 0. The second-order valence-corrected chi connectivity index (χ2v) is 6.59. The third-order valence-corrected chi connectivity index (χ3v) is 4.76. The monoisotopic (exact) mass is 353 g/mol. The van der Waals surface area contributed by atoms with Crippen LogP contribution in [0.1, 0.15) is 5.56 Å². The topological polar surface area (TPSA) is 80.1 Å². The van der Waals surface area contributed by atoms with E-state index in [1.54, 1.807) is 21.9 Å². The van der Waals surface area contributed by atoms with Crippen molar-refractivity contribution in [1.29, 1.82) is 5.41 Å². The molecule has 0 saturated carbocycles. The summed E-state index contributed by atoms with van der Waals surface area (Å²) >= 11 is 7.69. The van der Waals surface area contributed by atoms with Gasteiger partial charge in [0.2, 0.25) is 0 Å². The first-order valence-electron chi connectivity index (χ1n) is 7.17. The third kappa shape index (κ3) is 2.46. The van der Waals surface area contributed by atoms with E-state index in [9.17, 15) is 0 Å². The molecule has 0 amide bonds. The Bertz CT molecular complexity index is 1050. The normalized spacial score (nSPS) is 11.0. The lowest BCUT2D eigenvalue weighted by atomic mass is 10.2. The highest BCUT2D eigenvalue weighted by Gasteiger charge is 2.16. The number of benzene rings is 1. The molecule has 0 saturated heterocycles. The largest absolute Gasteiger partial charge is 0.384 e. The van der Waals surface area contributed by atoms with Crippen molar-refractivity contribution in [3.05, 3.63) is 64.5 Å². The average molecular weight is 354 g/mol. The van der Waals surface area contributed by atoms with Crippen molar-refractivity contribution in [3.8, 4) is 22.0 Å². The Balaban J connectivity index is 2.01. The van der Waals surface area contributed by atoms with Crippen molar-refractivity contribution in [2.24, 2.45) is 5.73 Å². The number of nitrogens with two attached hydrogens (primary N) is 1. The summed E-state index contributed by atoms with van der Waals surface area (Å²) in [5.74, 6) is 0.506. The van der Waals surface area contributed by atoms with Crippen LogP contribution in [0.4, 0.5) is 0 Å². The van der Waals surface area contributed by atoms with Crippen molar-refractivity contribution in [1.82, 2.24) is 14.6 Å². The number of thiophene rings is 1. The summed E-state index contributed by atoms with van der Waals surface area (Å²) < 4.78 is 1.73. The highest BCUT2D eigenvalue weighted by molar-refractivity contribution is 7.13. The van der Waals surface area contributed by atoms with Crippen molar-refractivity contribution >= 4 is 34.4 Å². The van der Waals surface area contributed by atoms with Gasteiger partial charge in [-0.25, -0.2) is 9.50 Å². The zero-order chi connectivity index (χ0) is 16.7. The molecule has 24 heavy (non-hydrogen) atoms. The van der Waals surface area contributed by atoms with Crippen molar-refractivity contribution in [2.45, 2.75) is 0 Å². The molecule has 0 atom stereocenters. The Morgan fingerprint density at radius 2 is 2.04 bits per heavy atom. The molecular weight excluding hydrogens is 342 g/mol. The van der Waals surface area contributed by atoms with Crippen LogP contribution in [0, 0.1) is 5.41 Å². The van der Waals surface area contributed by atoms with Gasteiger partial charge in [-0.1, -0.05) is 29.8 Å². The van der Waals surface area contributed by atoms with E-state index in [4.69, 9.17) is 22.7 Å². The van der Waals surface area contributed by atoms with Gasteiger partial charge in [0, 0.05) is 10.6 Å². The summed E-state index contributed by atoms with van der Waals surface area (Å²) in [6.07, 6.45) is 0. The molecule has 4 rings (SSSR count). The first-order valence-corrected chi connectivity index (χ1v) is 8.43. The minimum absolute atomic E-state index is 0.0391. The quantitative estimate of drug-likeness (QED) is 0.430. The van der Waals surface area contributed by atoms with Crippen LogP contribution in [0.5, 0.6) is 0 Å². The van der Waals surface area contributed by atoms with Gasteiger partial charge in [-0.2, -0.15) is 0 Å². The molecular formula is C17H12ClN5S. The number of rotatable bonds is 3. The standard InChI is InChI=1S/C17H12ClN5S/c18-11-4-1-3-10(9-11)16-21-17-12(15(19)20)6-7-13(23(17)22-16)14-5-2-8-24-14/h1-9H,(H3,19,20). The molecule has 0 spiro atoms. The van der Waals surface area contributed by atoms with Gasteiger partial charge in [0.25, 0.3) is 0 Å². The number of pyridine rings is 1. The molecule has 1 aromatic carbocycles. The van der Waals surface area contributed by atoms with Gasteiger partial charge < -0.3 is 5.73 Å². The van der Waals surface area contributed by atoms with E-state index in [2.05, 4.69) is 10.1 Å². The lowest BCUT2D eigenvalue weighted by molar-refractivity contribution is 0.975. The van der Waals surface area contributed by atoms with Crippen LogP contribution in [0.25, 0.3) is 27.6 Å².